The molecule has 3 rings (SSSR count). The molecule has 4 N–H and O–H groups in total. The van der Waals surface area contributed by atoms with Crippen LogP contribution >= 0.6 is 0 Å². The van der Waals surface area contributed by atoms with E-state index in [4.69, 9.17) is 4.74 Å². The minimum Gasteiger partial charge on any atom is -0.444 e. The number of alkyl carbamates (subject to hydrolysis) is 1. The molecule has 0 aliphatic rings. The zero-order valence-corrected chi connectivity index (χ0v) is 21.4. The van der Waals surface area contributed by atoms with Crippen molar-refractivity contribution in [2.75, 3.05) is 5.43 Å². The fraction of sp³-hybridized carbons (Fsp3) is 0.276. The second-order valence-electron chi connectivity index (χ2n) is 9.62. The van der Waals surface area contributed by atoms with E-state index in [1.165, 1.54) is 0 Å². The average molecular weight is 503 g/mol. The highest BCUT2D eigenvalue weighted by Crippen LogP contribution is 2.10. The molecular formula is C29H34N4O4. The maximum absolute atomic E-state index is 13.4. The van der Waals surface area contributed by atoms with Gasteiger partial charge in [-0.15, -0.1) is 0 Å². The van der Waals surface area contributed by atoms with E-state index >= 15 is 0 Å². The molecule has 0 spiro atoms. The van der Waals surface area contributed by atoms with Crippen LogP contribution < -0.4 is 21.5 Å². The van der Waals surface area contributed by atoms with Gasteiger partial charge in [0.1, 0.15) is 17.7 Å². The summed E-state index contributed by atoms with van der Waals surface area (Å²) in [5.41, 5.74) is 7.25. The number of carbonyl (C=O) groups excluding carboxylic acids is 3. The molecule has 8 heteroatoms. The van der Waals surface area contributed by atoms with Crippen molar-refractivity contribution in [3.63, 3.8) is 0 Å². The lowest BCUT2D eigenvalue weighted by molar-refractivity contribution is -0.129. The number of benzene rings is 3. The summed E-state index contributed by atoms with van der Waals surface area (Å²) in [6, 6.07) is 26.1. The van der Waals surface area contributed by atoms with E-state index in [-0.39, 0.29) is 12.8 Å². The van der Waals surface area contributed by atoms with Gasteiger partial charge in [0.25, 0.3) is 5.91 Å². The molecule has 0 heterocycles. The zero-order chi connectivity index (χ0) is 26.7. The molecule has 3 amide bonds. The molecule has 3 aromatic carbocycles. The van der Waals surface area contributed by atoms with E-state index < -0.39 is 35.6 Å². The Morgan fingerprint density at radius 2 is 1.14 bits per heavy atom. The van der Waals surface area contributed by atoms with Crippen molar-refractivity contribution in [3.05, 3.63) is 102 Å². The molecule has 2 atom stereocenters. The van der Waals surface area contributed by atoms with Crippen LogP contribution in [-0.4, -0.2) is 35.6 Å². The maximum atomic E-state index is 13.4. The summed E-state index contributed by atoms with van der Waals surface area (Å²) in [7, 11) is 0. The van der Waals surface area contributed by atoms with E-state index in [0.717, 1.165) is 11.1 Å². The number of carbonyl (C=O) groups is 3. The van der Waals surface area contributed by atoms with Gasteiger partial charge in [0, 0.05) is 12.8 Å². The third-order valence-corrected chi connectivity index (χ3v) is 5.31. The number of nitrogens with one attached hydrogen (secondary N) is 4. The minimum atomic E-state index is -0.953. The molecule has 0 bridgehead atoms. The van der Waals surface area contributed by atoms with Crippen LogP contribution in [0.5, 0.6) is 0 Å². The van der Waals surface area contributed by atoms with Gasteiger partial charge >= 0.3 is 6.09 Å². The molecule has 0 aliphatic carbocycles. The van der Waals surface area contributed by atoms with Crippen LogP contribution in [0.4, 0.5) is 10.5 Å². The Balaban J connectivity index is 1.77. The van der Waals surface area contributed by atoms with Crippen molar-refractivity contribution in [2.24, 2.45) is 0 Å². The molecule has 0 saturated carbocycles. The summed E-state index contributed by atoms with van der Waals surface area (Å²) >= 11 is 0. The summed E-state index contributed by atoms with van der Waals surface area (Å²) in [6.45, 7) is 5.25. The molecule has 3 aromatic rings. The van der Waals surface area contributed by atoms with Gasteiger partial charge in [-0.05, 0) is 44.0 Å². The normalized spacial score (nSPS) is 12.5. The fourth-order valence-electron chi connectivity index (χ4n) is 3.58. The Morgan fingerprint density at radius 1 is 0.676 bits per heavy atom. The smallest absolute Gasteiger partial charge is 0.408 e. The Hall–Kier alpha value is -4.33. The lowest BCUT2D eigenvalue weighted by Crippen LogP contribution is -2.56. The zero-order valence-electron chi connectivity index (χ0n) is 21.4. The lowest BCUT2D eigenvalue weighted by atomic mass is 10.0. The van der Waals surface area contributed by atoms with Gasteiger partial charge in [-0.2, -0.15) is 0 Å². The summed E-state index contributed by atoms with van der Waals surface area (Å²) in [6.07, 6.45) is -0.217. The summed E-state index contributed by atoms with van der Waals surface area (Å²) in [4.78, 5) is 39.1. The van der Waals surface area contributed by atoms with Gasteiger partial charge in [0.15, 0.2) is 0 Å². The number of hydrazine groups is 1. The topological polar surface area (TPSA) is 109 Å². The van der Waals surface area contributed by atoms with Gasteiger partial charge in [0.2, 0.25) is 5.91 Å². The second-order valence-corrected chi connectivity index (χ2v) is 9.62. The first kappa shape index (κ1) is 27.3. The predicted octanol–water partition coefficient (Wildman–Crippen LogP) is 3.99. The van der Waals surface area contributed by atoms with Gasteiger partial charge in [-0.25, -0.2) is 4.79 Å². The minimum absolute atomic E-state index is 0.230. The van der Waals surface area contributed by atoms with Crippen molar-refractivity contribution in [3.8, 4) is 0 Å². The van der Waals surface area contributed by atoms with Gasteiger partial charge in [0.05, 0.1) is 5.69 Å². The number of amides is 3. The molecule has 0 aliphatic heterocycles. The van der Waals surface area contributed by atoms with Crippen LogP contribution in [0, 0.1) is 0 Å². The van der Waals surface area contributed by atoms with Crippen LogP contribution in [0.1, 0.15) is 31.9 Å². The average Bonchev–Trinajstić information content (AvgIpc) is 2.87. The van der Waals surface area contributed by atoms with Crippen LogP contribution in [0.15, 0.2) is 91.0 Å². The van der Waals surface area contributed by atoms with Crippen molar-refractivity contribution in [1.82, 2.24) is 16.1 Å². The first-order valence-electron chi connectivity index (χ1n) is 12.2. The highest BCUT2D eigenvalue weighted by Gasteiger charge is 2.29. The monoisotopic (exact) mass is 502 g/mol. The van der Waals surface area contributed by atoms with Gasteiger partial charge < -0.3 is 15.4 Å². The van der Waals surface area contributed by atoms with Crippen molar-refractivity contribution >= 4 is 23.6 Å². The Kier molecular flexibility index (Phi) is 9.66. The van der Waals surface area contributed by atoms with Crippen molar-refractivity contribution in [1.29, 1.82) is 0 Å². The van der Waals surface area contributed by atoms with E-state index in [1.54, 1.807) is 20.8 Å². The number of hydrogen-bond donors (Lipinski definition) is 4. The second kappa shape index (κ2) is 13.1. The molecule has 8 nitrogen and oxygen atoms in total. The molecular weight excluding hydrogens is 468 g/mol. The lowest BCUT2D eigenvalue weighted by Gasteiger charge is -2.25. The molecule has 194 valence electrons. The third kappa shape index (κ3) is 9.68. The van der Waals surface area contributed by atoms with E-state index in [9.17, 15) is 14.4 Å². The van der Waals surface area contributed by atoms with Crippen LogP contribution in [0.25, 0.3) is 0 Å². The van der Waals surface area contributed by atoms with Crippen LogP contribution in [0.2, 0.25) is 0 Å². The van der Waals surface area contributed by atoms with E-state index in [1.807, 2.05) is 91.0 Å². The Morgan fingerprint density at radius 3 is 1.62 bits per heavy atom. The summed E-state index contributed by atoms with van der Waals surface area (Å²) in [5.74, 6) is -0.915. The summed E-state index contributed by atoms with van der Waals surface area (Å²) < 4.78 is 5.37. The molecule has 0 unspecified atom stereocenters. The number of para-hydroxylation sites is 1. The van der Waals surface area contributed by atoms with Gasteiger partial charge in [-0.3, -0.25) is 20.4 Å². The maximum Gasteiger partial charge on any atom is 0.408 e. The number of hydrogen-bond acceptors (Lipinski definition) is 5. The van der Waals surface area contributed by atoms with Gasteiger partial charge in [-0.1, -0.05) is 78.9 Å². The highest BCUT2D eigenvalue weighted by atomic mass is 16.6. The standard InChI is InChI=1S/C29H34N4O4/c1-29(2,3)37-28(36)31-24(19-21-13-7-4-8-14-21)26(34)30-25(20-22-15-9-5-10-16-22)27(35)33-32-23-17-11-6-12-18-23/h4-18,24-25,32H,19-20H2,1-3H3,(H,30,34)(H,31,36)(H,33,35)/t24-,25-/m0/s1. The highest BCUT2D eigenvalue weighted by molar-refractivity contribution is 5.92. The molecule has 37 heavy (non-hydrogen) atoms. The number of anilines is 1. The Labute approximate surface area is 217 Å². The van der Waals surface area contributed by atoms with Crippen LogP contribution in [0.3, 0.4) is 0 Å². The molecule has 0 radical (unpaired) electrons. The molecule has 0 fully saturated rings. The first-order chi connectivity index (χ1) is 17.7. The predicted molar refractivity (Wildman–Crippen MR) is 144 cm³/mol. The van der Waals surface area contributed by atoms with Crippen molar-refractivity contribution in [2.45, 2.75) is 51.3 Å². The first-order valence-corrected chi connectivity index (χ1v) is 12.2. The number of ether oxygens (including phenoxy) is 1. The Bertz CT molecular complexity index is 1150. The van der Waals surface area contributed by atoms with Crippen LogP contribution in [-0.2, 0) is 27.2 Å². The van der Waals surface area contributed by atoms with E-state index in [2.05, 4.69) is 21.5 Å². The quantitative estimate of drug-likeness (QED) is 0.314. The fourth-order valence-corrected chi connectivity index (χ4v) is 3.58. The molecule has 0 saturated heterocycles. The molecule has 0 aromatic heterocycles. The summed E-state index contributed by atoms with van der Waals surface area (Å²) in [5, 5.41) is 5.50. The third-order valence-electron chi connectivity index (χ3n) is 5.31. The largest absolute Gasteiger partial charge is 0.444 e. The number of rotatable bonds is 10. The van der Waals surface area contributed by atoms with Crippen molar-refractivity contribution < 1.29 is 19.1 Å². The van der Waals surface area contributed by atoms with E-state index in [0.29, 0.717) is 5.69 Å². The SMILES string of the molecule is CC(C)(C)OC(=O)N[C@@H](Cc1ccccc1)C(=O)N[C@@H](Cc1ccccc1)C(=O)NNc1ccccc1.